The van der Waals surface area contributed by atoms with Gasteiger partial charge in [0.15, 0.2) is 0 Å². The maximum atomic E-state index is 14.0. The van der Waals surface area contributed by atoms with Crippen molar-refractivity contribution in [2.24, 2.45) is 0 Å². The van der Waals surface area contributed by atoms with Gasteiger partial charge >= 0.3 is 12.0 Å². The van der Waals surface area contributed by atoms with Crippen LogP contribution in [0, 0.1) is 12.7 Å². The summed E-state index contributed by atoms with van der Waals surface area (Å²) >= 11 is 0. The van der Waals surface area contributed by atoms with E-state index in [1.54, 1.807) is 54.3 Å². The number of carbonyl (C=O) groups is 2. The van der Waals surface area contributed by atoms with E-state index in [1.807, 2.05) is 19.0 Å². The lowest BCUT2D eigenvalue weighted by Gasteiger charge is -2.32. The van der Waals surface area contributed by atoms with Crippen molar-refractivity contribution in [2.75, 3.05) is 37.8 Å². The van der Waals surface area contributed by atoms with Gasteiger partial charge in [-0.3, -0.25) is 4.90 Å². The van der Waals surface area contributed by atoms with Crippen molar-refractivity contribution in [2.45, 2.75) is 19.9 Å². The lowest BCUT2D eigenvalue weighted by Crippen LogP contribution is -2.42. The van der Waals surface area contributed by atoms with Crippen molar-refractivity contribution in [1.29, 1.82) is 0 Å². The third-order valence-corrected chi connectivity index (χ3v) is 5.49. The van der Waals surface area contributed by atoms with Gasteiger partial charge in [-0.05, 0) is 81.5 Å². The number of aromatic nitrogens is 1. The third-order valence-electron chi connectivity index (χ3n) is 5.49. The second-order valence-electron chi connectivity index (χ2n) is 8.55. The van der Waals surface area contributed by atoms with Crippen LogP contribution in [0.1, 0.15) is 28.0 Å². The fraction of sp³-hybridized carbons (Fsp3) is 0.269. The van der Waals surface area contributed by atoms with E-state index >= 15 is 0 Å². The van der Waals surface area contributed by atoms with E-state index in [2.05, 4.69) is 4.98 Å². The highest BCUT2D eigenvalue weighted by Gasteiger charge is 2.26. The lowest BCUT2D eigenvalue weighted by molar-refractivity contribution is 0.0690. The number of rotatable bonds is 9. The number of nitrogen functional groups attached to an aromatic ring is 1. The number of carboxylic acid groups (broad SMARTS) is 1. The molecule has 2 amide bonds. The molecule has 0 fully saturated rings. The molecule has 0 bridgehead atoms. The lowest BCUT2D eigenvalue weighted by atomic mass is 10.1. The second kappa shape index (κ2) is 11.4. The minimum absolute atomic E-state index is 0.0697. The number of nitrogens with zero attached hydrogens (tertiary/aromatic N) is 4. The summed E-state index contributed by atoms with van der Waals surface area (Å²) in [6, 6.07) is 14.2. The first-order valence-electron chi connectivity index (χ1n) is 11.2. The van der Waals surface area contributed by atoms with E-state index < -0.39 is 5.97 Å². The summed E-state index contributed by atoms with van der Waals surface area (Å²) in [5.74, 6) is -1.48. The molecular weight excluding hydrogens is 449 g/mol. The standard InChI is InChI=1S/C26H30FN5O3/c1-18-15-20(10-11-21(18)27)32(24-8-5-4-7-22(24)28)26(35)31(14-6-13-30(2)3)17-19-9-12-23(25(33)34)29-16-19/h4-5,7-12,15-16H,6,13-14,17,28H2,1-3H3,(H,33,34). The van der Waals surface area contributed by atoms with Gasteiger partial charge in [0.05, 0.1) is 17.1 Å². The van der Waals surface area contributed by atoms with Gasteiger partial charge in [-0.25, -0.2) is 19.0 Å². The van der Waals surface area contributed by atoms with E-state index in [-0.39, 0.29) is 24.1 Å². The number of amides is 2. The zero-order chi connectivity index (χ0) is 25.5. The number of urea groups is 1. The van der Waals surface area contributed by atoms with Gasteiger partial charge in [-0.15, -0.1) is 0 Å². The number of benzene rings is 2. The van der Waals surface area contributed by atoms with Gasteiger partial charge < -0.3 is 20.6 Å². The molecule has 35 heavy (non-hydrogen) atoms. The fourth-order valence-corrected chi connectivity index (χ4v) is 3.64. The van der Waals surface area contributed by atoms with Gasteiger partial charge in [-0.2, -0.15) is 0 Å². The summed E-state index contributed by atoms with van der Waals surface area (Å²) in [7, 11) is 3.91. The number of aryl methyl sites for hydroxylation is 1. The number of anilines is 3. The quantitative estimate of drug-likeness (QED) is 0.438. The number of carboxylic acids is 1. The highest BCUT2D eigenvalue weighted by molar-refractivity contribution is 6.02. The molecule has 3 aromatic rings. The first-order valence-corrected chi connectivity index (χ1v) is 11.2. The van der Waals surface area contributed by atoms with Crippen LogP contribution in [0.15, 0.2) is 60.8 Å². The Hall–Kier alpha value is -3.98. The van der Waals surface area contributed by atoms with Crippen LogP contribution in [0.5, 0.6) is 0 Å². The SMILES string of the molecule is Cc1cc(N(C(=O)N(CCCN(C)C)Cc2ccc(C(=O)O)nc2)c2ccccc2N)ccc1F. The predicted molar refractivity (Wildman–Crippen MR) is 134 cm³/mol. The van der Waals surface area contributed by atoms with Crippen molar-refractivity contribution in [3.63, 3.8) is 0 Å². The molecule has 3 rings (SSSR count). The van der Waals surface area contributed by atoms with E-state index in [4.69, 9.17) is 10.8 Å². The largest absolute Gasteiger partial charge is 0.477 e. The highest BCUT2D eigenvalue weighted by Crippen LogP contribution is 2.33. The Labute approximate surface area is 204 Å². The number of pyridine rings is 1. The smallest absolute Gasteiger partial charge is 0.354 e. The molecule has 8 nitrogen and oxygen atoms in total. The normalized spacial score (nSPS) is 10.9. The molecule has 0 spiro atoms. The Kier molecular flexibility index (Phi) is 8.38. The van der Waals surface area contributed by atoms with Crippen molar-refractivity contribution >= 4 is 29.1 Å². The summed E-state index contributed by atoms with van der Waals surface area (Å²) in [5, 5.41) is 9.13. The molecule has 1 heterocycles. The van der Waals surface area contributed by atoms with Crippen LogP contribution in [0.25, 0.3) is 0 Å². The molecule has 184 valence electrons. The van der Waals surface area contributed by atoms with Crippen molar-refractivity contribution in [3.8, 4) is 0 Å². The molecule has 0 aliphatic rings. The molecule has 0 aliphatic carbocycles. The zero-order valence-corrected chi connectivity index (χ0v) is 20.1. The summed E-state index contributed by atoms with van der Waals surface area (Å²) in [4.78, 5) is 34.3. The van der Waals surface area contributed by atoms with E-state index in [9.17, 15) is 14.0 Å². The molecule has 3 N–H and O–H groups in total. The third kappa shape index (κ3) is 6.54. The first-order chi connectivity index (χ1) is 16.7. The van der Waals surface area contributed by atoms with Gasteiger partial charge in [0.1, 0.15) is 11.5 Å². The predicted octanol–water partition coefficient (Wildman–Crippen LogP) is 4.52. The Balaban J connectivity index is 2.01. The monoisotopic (exact) mass is 479 g/mol. The summed E-state index contributed by atoms with van der Waals surface area (Å²) < 4.78 is 14.0. The van der Waals surface area contributed by atoms with Crippen LogP contribution in [0.3, 0.4) is 0 Å². The molecule has 0 saturated heterocycles. The molecule has 0 atom stereocenters. The van der Waals surface area contributed by atoms with E-state index in [1.165, 1.54) is 23.2 Å². The number of hydrogen-bond donors (Lipinski definition) is 2. The number of aromatic carboxylic acids is 1. The summed E-state index contributed by atoms with van der Waals surface area (Å²) in [5.41, 5.74) is 8.65. The number of halogens is 1. The maximum Gasteiger partial charge on any atom is 0.354 e. The van der Waals surface area contributed by atoms with E-state index in [0.717, 1.165) is 6.54 Å². The maximum absolute atomic E-state index is 14.0. The average Bonchev–Trinajstić information content (AvgIpc) is 2.82. The van der Waals surface area contributed by atoms with Crippen molar-refractivity contribution in [3.05, 3.63) is 83.4 Å². The Bertz CT molecular complexity index is 1180. The number of para-hydroxylation sites is 2. The molecule has 1 aromatic heterocycles. The van der Waals surface area contributed by atoms with Crippen LogP contribution in [-0.2, 0) is 6.54 Å². The number of nitrogens with two attached hydrogens (primary N) is 1. The topological polar surface area (TPSA) is 103 Å². The van der Waals surface area contributed by atoms with Gasteiger partial charge in [0, 0.05) is 19.3 Å². The average molecular weight is 480 g/mol. The molecule has 2 aromatic carbocycles. The second-order valence-corrected chi connectivity index (χ2v) is 8.55. The van der Waals surface area contributed by atoms with Gasteiger partial charge in [0.2, 0.25) is 0 Å². The first kappa shape index (κ1) is 25.6. The van der Waals surface area contributed by atoms with E-state index in [0.29, 0.717) is 41.2 Å². The molecule has 0 saturated carbocycles. The molecule has 0 aliphatic heterocycles. The van der Waals surface area contributed by atoms with Crippen LogP contribution < -0.4 is 10.6 Å². The molecule has 9 heteroatoms. The minimum atomic E-state index is -1.12. The van der Waals surface area contributed by atoms with Gasteiger partial charge in [0.25, 0.3) is 0 Å². The van der Waals surface area contributed by atoms with Crippen LogP contribution in [0.2, 0.25) is 0 Å². The van der Waals surface area contributed by atoms with Crippen LogP contribution in [0.4, 0.5) is 26.2 Å². The van der Waals surface area contributed by atoms with Crippen molar-refractivity contribution < 1.29 is 19.1 Å². The Morgan fingerprint density at radius 3 is 2.40 bits per heavy atom. The minimum Gasteiger partial charge on any atom is -0.477 e. The Morgan fingerprint density at radius 1 is 1.06 bits per heavy atom. The van der Waals surface area contributed by atoms with Crippen LogP contribution >= 0.6 is 0 Å². The Morgan fingerprint density at radius 2 is 1.80 bits per heavy atom. The van der Waals surface area contributed by atoms with Crippen LogP contribution in [-0.4, -0.2) is 59.1 Å². The van der Waals surface area contributed by atoms with Gasteiger partial charge in [-0.1, -0.05) is 18.2 Å². The molecular formula is C26H30FN5O3. The summed E-state index contributed by atoms with van der Waals surface area (Å²) in [6.45, 7) is 3.05. The fourth-order valence-electron chi connectivity index (χ4n) is 3.64. The number of hydrogen-bond acceptors (Lipinski definition) is 5. The number of carbonyl (C=O) groups excluding carboxylic acids is 1. The molecule has 0 unspecified atom stereocenters. The van der Waals surface area contributed by atoms with Crippen molar-refractivity contribution in [1.82, 2.24) is 14.8 Å². The zero-order valence-electron chi connectivity index (χ0n) is 20.1. The summed E-state index contributed by atoms with van der Waals surface area (Å²) in [6.07, 6.45) is 2.17. The molecule has 0 radical (unpaired) electrons. The highest BCUT2D eigenvalue weighted by atomic mass is 19.1.